The van der Waals surface area contributed by atoms with E-state index in [4.69, 9.17) is 4.74 Å². The van der Waals surface area contributed by atoms with E-state index in [2.05, 4.69) is 6.92 Å². The molecule has 5 heteroatoms. The van der Waals surface area contributed by atoms with Gasteiger partial charge in [0.25, 0.3) is 0 Å². The fourth-order valence-corrected chi connectivity index (χ4v) is 1.89. The first-order valence-corrected chi connectivity index (χ1v) is 7.37. The van der Waals surface area contributed by atoms with Crippen LogP contribution in [0.1, 0.15) is 66.2 Å². The van der Waals surface area contributed by atoms with Crippen LogP contribution in [0.4, 0.5) is 4.79 Å². The first kappa shape index (κ1) is 18.7. The Kier molecular flexibility index (Phi) is 8.26. The highest BCUT2D eigenvalue weighted by Gasteiger charge is 2.29. The van der Waals surface area contributed by atoms with E-state index in [1.54, 1.807) is 20.8 Å². The van der Waals surface area contributed by atoms with Gasteiger partial charge in [0.15, 0.2) is 0 Å². The minimum atomic E-state index is -0.978. The lowest BCUT2D eigenvalue weighted by Gasteiger charge is -2.28. The maximum atomic E-state index is 11.9. The van der Waals surface area contributed by atoms with Crippen LogP contribution >= 0.6 is 0 Å². The van der Waals surface area contributed by atoms with Crippen molar-refractivity contribution in [3.8, 4) is 0 Å². The Morgan fingerprint density at radius 2 is 1.70 bits per heavy atom. The van der Waals surface area contributed by atoms with Crippen molar-refractivity contribution in [1.29, 1.82) is 0 Å². The van der Waals surface area contributed by atoms with Crippen LogP contribution in [0, 0.1) is 0 Å². The molecule has 0 fully saturated rings. The van der Waals surface area contributed by atoms with Gasteiger partial charge in [0.2, 0.25) is 0 Å². The normalized spacial score (nSPS) is 12.8. The van der Waals surface area contributed by atoms with E-state index in [1.165, 1.54) is 18.4 Å². The molecular formula is C15H29NO4. The summed E-state index contributed by atoms with van der Waals surface area (Å²) < 4.78 is 5.20. The lowest BCUT2D eigenvalue weighted by molar-refractivity contribution is -0.143. The van der Waals surface area contributed by atoms with Crippen LogP contribution in [0.25, 0.3) is 0 Å². The molecule has 0 aliphatic rings. The molecule has 0 rings (SSSR count). The highest BCUT2D eigenvalue weighted by Crippen LogP contribution is 2.15. The van der Waals surface area contributed by atoms with Gasteiger partial charge in [0.1, 0.15) is 11.6 Å². The van der Waals surface area contributed by atoms with Crippen molar-refractivity contribution in [2.24, 2.45) is 0 Å². The molecule has 0 unspecified atom stereocenters. The van der Waals surface area contributed by atoms with Crippen LogP contribution in [0.3, 0.4) is 0 Å². The third-order valence-corrected chi connectivity index (χ3v) is 3.02. The molecule has 0 aromatic rings. The fourth-order valence-electron chi connectivity index (χ4n) is 1.89. The van der Waals surface area contributed by atoms with E-state index in [1.807, 2.05) is 0 Å². The molecule has 0 radical (unpaired) electrons. The molecule has 0 aromatic carbocycles. The topological polar surface area (TPSA) is 66.8 Å². The van der Waals surface area contributed by atoms with E-state index in [-0.39, 0.29) is 0 Å². The zero-order valence-electron chi connectivity index (χ0n) is 13.4. The lowest BCUT2D eigenvalue weighted by Crippen LogP contribution is -2.44. The Hall–Kier alpha value is -1.26. The Bertz CT molecular complexity index is 309. The smallest absolute Gasteiger partial charge is 0.410 e. The third kappa shape index (κ3) is 8.02. The third-order valence-electron chi connectivity index (χ3n) is 3.02. The summed E-state index contributed by atoms with van der Waals surface area (Å²) >= 11 is 0. The molecule has 5 nitrogen and oxygen atoms in total. The number of nitrogens with zero attached hydrogens (tertiary/aromatic N) is 1. The number of hydrogen-bond acceptors (Lipinski definition) is 3. The SMILES string of the molecule is CCCCCCC[C@@H](C(=O)O)N(C)C(=O)OC(C)(C)C. The van der Waals surface area contributed by atoms with Crippen molar-refractivity contribution >= 4 is 12.1 Å². The van der Waals surface area contributed by atoms with Crippen LogP contribution in [0.15, 0.2) is 0 Å². The quantitative estimate of drug-likeness (QED) is 0.692. The van der Waals surface area contributed by atoms with Gasteiger partial charge in [-0.1, -0.05) is 39.0 Å². The Morgan fingerprint density at radius 1 is 1.15 bits per heavy atom. The summed E-state index contributed by atoms with van der Waals surface area (Å²) in [5.74, 6) is -0.978. The summed E-state index contributed by atoms with van der Waals surface area (Å²) in [5, 5.41) is 9.24. The number of aliphatic carboxylic acids is 1. The van der Waals surface area contributed by atoms with Gasteiger partial charge in [-0.05, 0) is 27.2 Å². The van der Waals surface area contributed by atoms with Gasteiger partial charge in [-0.2, -0.15) is 0 Å². The lowest BCUT2D eigenvalue weighted by atomic mass is 10.1. The molecular weight excluding hydrogens is 258 g/mol. The average Bonchev–Trinajstić information content (AvgIpc) is 2.30. The Morgan fingerprint density at radius 3 is 2.15 bits per heavy atom. The van der Waals surface area contributed by atoms with Gasteiger partial charge < -0.3 is 9.84 Å². The maximum Gasteiger partial charge on any atom is 0.410 e. The standard InChI is InChI=1S/C15H29NO4/c1-6-7-8-9-10-11-12(13(17)18)16(5)14(19)20-15(2,3)4/h12H,6-11H2,1-5H3,(H,17,18)/t12-/m0/s1. The Balaban J connectivity index is 4.36. The number of rotatable bonds is 8. The molecule has 0 aromatic heterocycles. The Labute approximate surface area is 122 Å². The van der Waals surface area contributed by atoms with Crippen molar-refractivity contribution in [2.75, 3.05) is 7.05 Å². The summed E-state index contributed by atoms with van der Waals surface area (Å²) in [6.07, 6.45) is 5.12. The van der Waals surface area contributed by atoms with Crippen molar-refractivity contribution in [2.45, 2.75) is 77.9 Å². The van der Waals surface area contributed by atoms with Crippen molar-refractivity contribution < 1.29 is 19.4 Å². The molecule has 118 valence electrons. The molecule has 1 amide bonds. The first-order valence-electron chi connectivity index (χ1n) is 7.37. The number of ether oxygens (including phenoxy) is 1. The molecule has 0 saturated heterocycles. The van der Waals surface area contributed by atoms with Crippen molar-refractivity contribution in [1.82, 2.24) is 4.90 Å². The van der Waals surface area contributed by atoms with Crippen LogP contribution in [0.2, 0.25) is 0 Å². The van der Waals surface area contributed by atoms with E-state index >= 15 is 0 Å². The van der Waals surface area contributed by atoms with Crippen molar-refractivity contribution in [3.05, 3.63) is 0 Å². The zero-order valence-corrected chi connectivity index (χ0v) is 13.4. The molecule has 0 aliphatic carbocycles. The number of likely N-dealkylation sites (N-methyl/N-ethyl adjacent to an activating group) is 1. The van der Waals surface area contributed by atoms with E-state index in [9.17, 15) is 14.7 Å². The number of carbonyl (C=O) groups excluding carboxylic acids is 1. The van der Waals surface area contributed by atoms with Crippen LogP contribution in [-0.2, 0) is 9.53 Å². The summed E-state index contributed by atoms with van der Waals surface area (Å²) in [6.45, 7) is 7.42. The molecule has 0 bridgehead atoms. The van der Waals surface area contributed by atoms with E-state index in [0.29, 0.717) is 6.42 Å². The van der Waals surface area contributed by atoms with Gasteiger partial charge in [-0.3, -0.25) is 4.90 Å². The minimum absolute atomic E-state index is 0.467. The highest BCUT2D eigenvalue weighted by molar-refractivity contribution is 5.79. The molecule has 0 spiro atoms. The zero-order chi connectivity index (χ0) is 15.8. The molecule has 1 atom stereocenters. The van der Waals surface area contributed by atoms with Gasteiger partial charge in [0.05, 0.1) is 0 Å². The van der Waals surface area contributed by atoms with E-state index in [0.717, 1.165) is 25.7 Å². The fraction of sp³-hybridized carbons (Fsp3) is 0.867. The summed E-state index contributed by atoms with van der Waals surface area (Å²) in [4.78, 5) is 24.3. The first-order chi connectivity index (χ1) is 9.19. The summed E-state index contributed by atoms with van der Waals surface area (Å²) in [6, 6.07) is -0.813. The largest absolute Gasteiger partial charge is 0.480 e. The van der Waals surface area contributed by atoms with E-state index < -0.39 is 23.7 Å². The van der Waals surface area contributed by atoms with Gasteiger partial charge in [-0.25, -0.2) is 9.59 Å². The van der Waals surface area contributed by atoms with Gasteiger partial charge in [-0.15, -0.1) is 0 Å². The van der Waals surface area contributed by atoms with Gasteiger partial charge in [0, 0.05) is 7.05 Å². The predicted octanol–water partition coefficient (Wildman–Crippen LogP) is 3.67. The molecule has 0 saturated carbocycles. The number of amides is 1. The monoisotopic (exact) mass is 287 g/mol. The summed E-state index contributed by atoms with van der Waals surface area (Å²) in [5.41, 5.74) is -0.616. The number of unbranched alkanes of at least 4 members (excludes halogenated alkanes) is 4. The number of carboxylic acid groups (broad SMARTS) is 1. The molecule has 1 N–H and O–H groups in total. The van der Waals surface area contributed by atoms with Gasteiger partial charge >= 0.3 is 12.1 Å². The maximum absolute atomic E-state index is 11.9. The second-order valence-electron chi connectivity index (χ2n) is 6.15. The number of carbonyl (C=O) groups is 2. The molecule has 20 heavy (non-hydrogen) atoms. The second-order valence-corrected chi connectivity index (χ2v) is 6.15. The molecule has 0 heterocycles. The van der Waals surface area contributed by atoms with Crippen LogP contribution in [0.5, 0.6) is 0 Å². The number of carboxylic acids is 1. The van der Waals surface area contributed by atoms with Crippen LogP contribution in [-0.4, -0.2) is 40.8 Å². The van der Waals surface area contributed by atoms with Crippen molar-refractivity contribution in [3.63, 3.8) is 0 Å². The summed E-state index contributed by atoms with van der Waals surface area (Å²) in [7, 11) is 1.49. The second kappa shape index (κ2) is 8.82. The minimum Gasteiger partial charge on any atom is -0.480 e. The number of hydrogen-bond donors (Lipinski definition) is 1. The average molecular weight is 287 g/mol. The molecule has 0 aliphatic heterocycles. The van der Waals surface area contributed by atoms with Crippen LogP contribution < -0.4 is 0 Å². The highest BCUT2D eigenvalue weighted by atomic mass is 16.6. The predicted molar refractivity (Wildman–Crippen MR) is 78.8 cm³/mol.